The van der Waals surface area contributed by atoms with Crippen LogP contribution >= 0.6 is 0 Å². The highest BCUT2D eigenvalue weighted by molar-refractivity contribution is 5.90. The van der Waals surface area contributed by atoms with Gasteiger partial charge < -0.3 is 10.1 Å². The molecule has 24 heavy (non-hydrogen) atoms. The molecular formula is C20H22N2O2. The molecular weight excluding hydrogens is 300 g/mol. The van der Waals surface area contributed by atoms with Gasteiger partial charge in [-0.15, -0.1) is 0 Å². The first kappa shape index (κ1) is 16.3. The van der Waals surface area contributed by atoms with Crippen molar-refractivity contribution >= 4 is 11.7 Å². The topological polar surface area (TPSA) is 41.6 Å². The van der Waals surface area contributed by atoms with Gasteiger partial charge in [-0.2, -0.15) is 0 Å². The number of hydrogen-bond donors (Lipinski definition) is 1. The van der Waals surface area contributed by atoms with E-state index in [0.29, 0.717) is 6.61 Å². The number of allylic oxidation sites excluding steroid dienone is 1. The molecule has 0 spiro atoms. The molecule has 2 aromatic rings. The highest BCUT2D eigenvalue weighted by Gasteiger charge is 2.37. The van der Waals surface area contributed by atoms with Gasteiger partial charge in [0.05, 0.1) is 12.6 Å². The molecule has 1 aliphatic heterocycles. The minimum absolute atomic E-state index is 0.0959. The van der Waals surface area contributed by atoms with Gasteiger partial charge in [-0.3, -0.25) is 4.90 Å². The predicted molar refractivity (Wildman–Crippen MR) is 95.7 cm³/mol. The van der Waals surface area contributed by atoms with E-state index in [9.17, 15) is 4.79 Å². The van der Waals surface area contributed by atoms with Crippen molar-refractivity contribution in [1.82, 2.24) is 4.90 Å². The third-order valence-electron chi connectivity index (χ3n) is 4.02. The Morgan fingerprint density at radius 2 is 1.83 bits per heavy atom. The van der Waals surface area contributed by atoms with Crippen LogP contribution < -0.4 is 5.32 Å². The van der Waals surface area contributed by atoms with Crippen molar-refractivity contribution < 1.29 is 9.53 Å². The van der Waals surface area contributed by atoms with Crippen molar-refractivity contribution in [2.75, 3.05) is 11.9 Å². The van der Waals surface area contributed by atoms with E-state index >= 15 is 0 Å². The maximum Gasteiger partial charge on any atom is 0.324 e. The second-order valence-electron chi connectivity index (χ2n) is 5.69. The van der Waals surface area contributed by atoms with Crippen LogP contribution in [-0.2, 0) is 4.74 Å². The normalized spacial score (nSPS) is 20.5. The first-order valence-electron chi connectivity index (χ1n) is 8.27. The molecule has 2 atom stereocenters. The summed E-state index contributed by atoms with van der Waals surface area (Å²) in [5.74, 6) is 0. The molecule has 0 aliphatic carbocycles. The molecule has 3 rings (SSSR count). The molecule has 0 unspecified atom stereocenters. The number of carbonyl (C=O) groups is 1. The van der Waals surface area contributed by atoms with Gasteiger partial charge in [0.15, 0.2) is 6.23 Å². The molecule has 1 heterocycles. The number of nitrogens with zero attached hydrogens (tertiary/aromatic N) is 1. The second-order valence-corrected chi connectivity index (χ2v) is 5.69. The number of anilines is 1. The lowest BCUT2D eigenvalue weighted by Gasteiger charge is -2.27. The van der Waals surface area contributed by atoms with Gasteiger partial charge in [0.1, 0.15) is 0 Å². The summed E-state index contributed by atoms with van der Waals surface area (Å²) < 4.78 is 5.87. The molecule has 1 saturated heterocycles. The fraction of sp³-hybridized carbons (Fsp3) is 0.250. The lowest BCUT2D eigenvalue weighted by molar-refractivity contribution is 0.0892. The fourth-order valence-electron chi connectivity index (χ4n) is 2.83. The molecule has 0 radical (unpaired) electrons. The van der Waals surface area contributed by atoms with Crippen molar-refractivity contribution in [2.45, 2.75) is 25.6 Å². The number of hydrogen-bond acceptors (Lipinski definition) is 2. The van der Waals surface area contributed by atoms with Crippen molar-refractivity contribution in [3.63, 3.8) is 0 Å². The Morgan fingerprint density at radius 1 is 1.17 bits per heavy atom. The summed E-state index contributed by atoms with van der Waals surface area (Å²) in [7, 11) is 0. The van der Waals surface area contributed by atoms with Crippen LogP contribution in [0, 0.1) is 0 Å². The lowest BCUT2D eigenvalue weighted by Crippen LogP contribution is -2.40. The Hall–Kier alpha value is -2.59. The zero-order valence-electron chi connectivity index (χ0n) is 13.8. The molecule has 0 aromatic heterocycles. The number of amides is 2. The average molecular weight is 322 g/mol. The number of ether oxygens (including phenoxy) is 1. The number of carbonyl (C=O) groups excluding carboxylic acids is 1. The van der Waals surface area contributed by atoms with E-state index in [-0.39, 0.29) is 18.3 Å². The van der Waals surface area contributed by atoms with E-state index in [0.717, 1.165) is 17.7 Å². The minimum Gasteiger partial charge on any atom is -0.352 e. The summed E-state index contributed by atoms with van der Waals surface area (Å²) >= 11 is 0. The summed E-state index contributed by atoms with van der Waals surface area (Å²) in [6.45, 7) is 2.56. The lowest BCUT2D eigenvalue weighted by atomic mass is 10.1. The number of nitrogens with one attached hydrogen (secondary N) is 1. The summed E-state index contributed by atoms with van der Waals surface area (Å²) in [6.07, 6.45) is 4.54. The molecule has 0 saturated carbocycles. The predicted octanol–water partition coefficient (Wildman–Crippen LogP) is 4.58. The maximum absolute atomic E-state index is 12.9. The minimum atomic E-state index is -0.348. The van der Waals surface area contributed by atoms with E-state index in [1.165, 1.54) is 0 Å². The molecule has 1 aliphatic rings. The Labute approximate surface area is 142 Å². The largest absolute Gasteiger partial charge is 0.352 e. The van der Waals surface area contributed by atoms with Crippen molar-refractivity contribution in [1.29, 1.82) is 0 Å². The van der Waals surface area contributed by atoms with E-state index in [1.807, 2.05) is 72.8 Å². The zero-order valence-corrected chi connectivity index (χ0v) is 13.8. The van der Waals surface area contributed by atoms with E-state index < -0.39 is 0 Å². The highest BCUT2D eigenvalue weighted by atomic mass is 16.5. The Bertz CT molecular complexity index is 685. The van der Waals surface area contributed by atoms with Crippen molar-refractivity contribution in [3.8, 4) is 0 Å². The Kier molecular flexibility index (Phi) is 5.29. The van der Waals surface area contributed by atoms with Crippen molar-refractivity contribution in [2.24, 2.45) is 0 Å². The molecule has 2 amide bonds. The van der Waals surface area contributed by atoms with Gasteiger partial charge in [-0.1, -0.05) is 61.5 Å². The first-order valence-corrected chi connectivity index (χ1v) is 8.27. The third-order valence-corrected chi connectivity index (χ3v) is 4.02. The molecule has 0 bridgehead atoms. The van der Waals surface area contributed by atoms with Gasteiger partial charge in [0, 0.05) is 5.69 Å². The summed E-state index contributed by atoms with van der Waals surface area (Å²) in [6, 6.07) is 19.2. The van der Waals surface area contributed by atoms with Gasteiger partial charge in [0.25, 0.3) is 0 Å². The van der Waals surface area contributed by atoms with Crippen LogP contribution in [0.1, 0.15) is 24.9 Å². The standard InChI is InChI=1S/C20H22N2O2/c1-2-3-14-19-22(20(23)21-17-12-8-5-9-13-17)18(15-24-19)16-10-6-4-7-11-16/h3-14,18-19H,2,15H2,1H3,(H,21,23)/b14-3-/t18-,19+/m1/s1. The molecule has 4 nitrogen and oxygen atoms in total. The molecule has 124 valence electrons. The Morgan fingerprint density at radius 3 is 2.50 bits per heavy atom. The molecule has 1 N–H and O–H groups in total. The zero-order chi connectivity index (χ0) is 16.8. The van der Waals surface area contributed by atoms with Crippen LogP contribution in [0.15, 0.2) is 72.8 Å². The fourth-order valence-corrected chi connectivity index (χ4v) is 2.83. The van der Waals surface area contributed by atoms with Crippen LogP contribution in [0.5, 0.6) is 0 Å². The van der Waals surface area contributed by atoms with Crippen LogP contribution in [0.2, 0.25) is 0 Å². The number of benzene rings is 2. The smallest absolute Gasteiger partial charge is 0.324 e. The number of para-hydroxylation sites is 1. The Balaban J connectivity index is 1.84. The SMILES string of the molecule is CC/C=C\[C@@H]1OC[C@H](c2ccccc2)N1C(=O)Nc1ccccc1. The highest BCUT2D eigenvalue weighted by Crippen LogP contribution is 2.31. The molecule has 2 aromatic carbocycles. The number of urea groups is 1. The van der Waals surface area contributed by atoms with E-state index in [4.69, 9.17) is 4.74 Å². The van der Waals surface area contributed by atoms with E-state index in [2.05, 4.69) is 12.2 Å². The molecule has 4 heteroatoms. The van der Waals surface area contributed by atoms with Gasteiger partial charge in [-0.05, 0) is 30.2 Å². The van der Waals surface area contributed by atoms with Gasteiger partial charge >= 0.3 is 6.03 Å². The van der Waals surface area contributed by atoms with Crippen LogP contribution in [0.25, 0.3) is 0 Å². The third kappa shape index (κ3) is 3.66. The first-order chi connectivity index (χ1) is 11.8. The van der Waals surface area contributed by atoms with Crippen LogP contribution in [0.4, 0.5) is 10.5 Å². The maximum atomic E-state index is 12.9. The average Bonchev–Trinajstić information content (AvgIpc) is 3.05. The summed E-state index contributed by atoms with van der Waals surface area (Å²) in [5.41, 5.74) is 1.85. The van der Waals surface area contributed by atoms with Gasteiger partial charge in [-0.25, -0.2) is 4.79 Å². The van der Waals surface area contributed by atoms with Crippen LogP contribution in [-0.4, -0.2) is 23.8 Å². The van der Waals surface area contributed by atoms with Crippen molar-refractivity contribution in [3.05, 3.63) is 78.4 Å². The second kappa shape index (κ2) is 7.79. The summed E-state index contributed by atoms with van der Waals surface area (Å²) in [4.78, 5) is 14.6. The van der Waals surface area contributed by atoms with Crippen LogP contribution in [0.3, 0.4) is 0 Å². The monoisotopic (exact) mass is 322 g/mol. The quantitative estimate of drug-likeness (QED) is 0.837. The summed E-state index contributed by atoms with van der Waals surface area (Å²) in [5, 5.41) is 2.96. The van der Waals surface area contributed by atoms with E-state index in [1.54, 1.807) is 4.90 Å². The van der Waals surface area contributed by atoms with Gasteiger partial charge in [0.2, 0.25) is 0 Å². The molecule has 1 fully saturated rings. The number of rotatable bonds is 4.